The number of halogens is 1. The largest absolute Gasteiger partial charge is 0.467 e. The molecule has 0 radical (unpaired) electrons. The number of urea groups is 1. The first-order chi connectivity index (χ1) is 9.95. The zero-order chi connectivity index (χ0) is 15.8. The zero-order valence-corrected chi connectivity index (χ0v) is 12.5. The summed E-state index contributed by atoms with van der Waals surface area (Å²) in [6, 6.07) is 5.22. The van der Waals surface area contributed by atoms with Gasteiger partial charge < -0.3 is 15.4 Å². The molecule has 1 aromatic carbocycles. The van der Waals surface area contributed by atoms with E-state index in [9.17, 15) is 14.0 Å². The SMILES string of the molecule is COC(=O)C(NC(=O)NCCc1ccccc1F)C(C)C. The Hall–Kier alpha value is -2.11. The molecule has 0 saturated carbocycles. The minimum atomic E-state index is -0.705. The number of rotatable bonds is 6. The van der Waals surface area contributed by atoms with E-state index in [4.69, 9.17) is 0 Å². The average molecular weight is 296 g/mol. The monoisotopic (exact) mass is 296 g/mol. The number of nitrogens with one attached hydrogen (secondary N) is 2. The Kier molecular flexibility index (Phi) is 6.65. The van der Waals surface area contributed by atoms with Crippen molar-refractivity contribution in [1.82, 2.24) is 10.6 Å². The van der Waals surface area contributed by atoms with Crippen molar-refractivity contribution < 1.29 is 18.7 Å². The fourth-order valence-electron chi connectivity index (χ4n) is 1.83. The van der Waals surface area contributed by atoms with Crippen LogP contribution < -0.4 is 10.6 Å². The van der Waals surface area contributed by atoms with Crippen LogP contribution in [-0.4, -0.2) is 31.7 Å². The Bertz CT molecular complexity index is 492. The van der Waals surface area contributed by atoms with Crippen LogP contribution in [-0.2, 0) is 16.0 Å². The first-order valence-electron chi connectivity index (χ1n) is 6.81. The zero-order valence-electron chi connectivity index (χ0n) is 12.5. The molecule has 1 unspecified atom stereocenters. The van der Waals surface area contributed by atoms with Crippen LogP contribution in [0.5, 0.6) is 0 Å². The molecule has 0 aromatic heterocycles. The van der Waals surface area contributed by atoms with Gasteiger partial charge in [0.25, 0.3) is 0 Å². The molecule has 1 aromatic rings. The van der Waals surface area contributed by atoms with Gasteiger partial charge in [-0.15, -0.1) is 0 Å². The summed E-state index contributed by atoms with van der Waals surface area (Å²) >= 11 is 0. The van der Waals surface area contributed by atoms with Gasteiger partial charge in [0.1, 0.15) is 11.9 Å². The standard InChI is InChI=1S/C15H21FN2O3/c1-10(2)13(14(19)21-3)18-15(20)17-9-8-11-6-4-5-7-12(11)16/h4-7,10,13H,8-9H2,1-3H3,(H2,17,18,20). The Morgan fingerprint density at radius 1 is 1.29 bits per heavy atom. The normalized spacial score (nSPS) is 11.9. The Morgan fingerprint density at radius 2 is 1.95 bits per heavy atom. The highest BCUT2D eigenvalue weighted by Gasteiger charge is 2.24. The molecular weight excluding hydrogens is 275 g/mol. The van der Waals surface area contributed by atoms with E-state index in [0.29, 0.717) is 12.0 Å². The van der Waals surface area contributed by atoms with Crippen LogP contribution in [0, 0.1) is 11.7 Å². The Labute approximate surface area is 123 Å². The lowest BCUT2D eigenvalue weighted by Gasteiger charge is -2.20. The quantitative estimate of drug-likeness (QED) is 0.787. The van der Waals surface area contributed by atoms with Crippen LogP contribution in [0.3, 0.4) is 0 Å². The van der Waals surface area contributed by atoms with Gasteiger partial charge in [0.15, 0.2) is 0 Å². The second kappa shape index (κ2) is 8.24. The van der Waals surface area contributed by atoms with Crippen molar-refractivity contribution in [3.63, 3.8) is 0 Å². The van der Waals surface area contributed by atoms with Crippen LogP contribution in [0.4, 0.5) is 9.18 Å². The number of ether oxygens (including phenoxy) is 1. The maximum Gasteiger partial charge on any atom is 0.328 e. The van der Waals surface area contributed by atoms with Crippen molar-refractivity contribution in [2.24, 2.45) is 5.92 Å². The summed E-state index contributed by atoms with van der Waals surface area (Å²) in [7, 11) is 1.27. The van der Waals surface area contributed by atoms with Gasteiger partial charge in [-0.05, 0) is 24.0 Å². The lowest BCUT2D eigenvalue weighted by atomic mass is 10.1. The van der Waals surface area contributed by atoms with E-state index in [1.807, 2.05) is 0 Å². The van der Waals surface area contributed by atoms with Crippen molar-refractivity contribution in [2.45, 2.75) is 26.3 Å². The van der Waals surface area contributed by atoms with Crippen LogP contribution in [0.1, 0.15) is 19.4 Å². The van der Waals surface area contributed by atoms with E-state index in [0.717, 1.165) is 0 Å². The van der Waals surface area contributed by atoms with Crippen molar-refractivity contribution in [1.29, 1.82) is 0 Å². The van der Waals surface area contributed by atoms with E-state index < -0.39 is 18.0 Å². The molecule has 0 fully saturated rings. The van der Waals surface area contributed by atoms with Gasteiger partial charge in [-0.3, -0.25) is 0 Å². The molecule has 0 aliphatic rings. The summed E-state index contributed by atoms with van der Waals surface area (Å²) in [6.07, 6.45) is 0.380. The summed E-state index contributed by atoms with van der Waals surface area (Å²) in [5.74, 6) is -0.877. The van der Waals surface area contributed by atoms with Crippen LogP contribution >= 0.6 is 0 Å². The number of esters is 1. The maximum absolute atomic E-state index is 13.4. The van der Waals surface area contributed by atoms with Gasteiger partial charge in [0, 0.05) is 6.54 Å². The fourth-order valence-corrected chi connectivity index (χ4v) is 1.83. The van der Waals surface area contributed by atoms with E-state index in [1.54, 1.807) is 32.0 Å². The topological polar surface area (TPSA) is 67.4 Å². The van der Waals surface area contributed by atoms with Crippen molar-refractivity contribution in [3.05, 3.63) is 35.6 Å². The first kappa shape index (κ1) is 16.9. The molecule has 0 heterocycles. The van der Waals surface area contributed by atoms with Crippen LogP contribution in [0.25, 0.3) is 0 Å². The number of methoxy groups -OCH3 is 1. The van der Waals surface area contributed by atoms with Crippen molar-refractivity contribution in [3.8, 4) is 0 Å². The van der Waals surface area contributed by atoms with Gasteiger partial charge >= 0.3 is 12.0 Å². The molecule has 0 bridgehead atoms. The van der Waals surface area contributed by atoms with Gasteiger partial charge in [-0.25, -0.2) is 14.0 Å². The summed E-state index contributed by atoms with van der Waals surface area (Å²) in [5, 5.41) is 5.15. The van der Waals surface area contributed by atoms with E-state index in [2.05, 4.69) is 15.4 Å². The summed E-state index contributed by atoms with van der Waals surface area (Å²) < 4.78 is 18.0. The lowest BCUT2D eigenvalue weighted by Crippen LogP contribution is -2.49. The predicted octanol–water partition coefficient (Wildman–Crippen LogP) is 1.86. The maximum atomic E-state index is 13.4. The highest BCUT2D eigenvalue weighted by Crippen LogP contribution is 2.06. The number of benzene rings is 1. The number of hydrogen-bond acceptors (Lipinski definition) is 3. The molecule has 0 spiro atoms. The van der Waals surface area contributed by atoms with Gasteiger partial charge in [-0.2, -0.15) is 0 Å². The smallest absolute Gasteiger partial charge is 0.328 e. The average Bonchev–Trinajstić information content (AvgIpc) is 2.45. The second-order valence-corrected chi connectivity index (χ2v) is 4.99. The molecule has 2 amide bonds. The summed E-state index contributed by atoms with van der Waals surface area (Å²) in [6.45, 7) is 3.89. The Balaban J connectivity index is 2.43. The van der Waals surface area contributed by atoms with Crippen LogP contribution in [0.15, 0.2) is 24.3 Å². The van der Waals surface area contributed by atoms with E-state index in [-0.39, 0.29) is 18.3 Å². The highest BCUT2D eigenvalue weighted by molar-refractivity contribution is 5.83. The minimum absolute atomic E-state index is 0.0882. The molecule has 0 aliphatic heterocycles. The molecular formula is C15H21FN2O3. The molecule has 0 saturated heterocycles. The molecule has 2 N–H and O–H groups in total. The third kappa shape index (κ3) is 5.41. The molecule has 5 nitrogen and oxygen atoms in total. The number of carbonyl (C=O) groups is 2. The van der Waals surface area contributed by atoms with E-state index >= 15 is 0 Å². The number of hydrogen-bond donors (Lipinski definition) is 2. The van der Waals surface area contributed by atoms with Gasteiger partial charge in [0.2, 0.25) is 0 Å². The highest BCUT2D eigenvalue weighted by atomic mass is 19.1. The van der Waals surface area contributed by atoms with Gasteiger partial charge in [0.05, 0.1) is 7.11 Å². The number of carbonyl (C=O) groups excluding carboxylic acids is 2. The molecule has 1 atom stereocenters. The summed E-state index contributed by atoms with van der Waals surface area (Å²) in [5.41, 5.74) is 0.533. The number of amides is 2. The van der Waals surface area contributed by atoms with Crippen molar-refractivity contribution in [2.75, 3.05) is 13.7 Å². The van der Waals surface area contributed by atoms with Crippen LogP contribution in [0.2, 0.25) is 0 Å². The molecule has 6 heteroatoms. The Morgan fingerprint density at radius 3 is 2.52 bits per heavy atom. The molecule has 21 heavy (non-hydrogen) atoms. The molecule has 0 aliphatic carbocycles. The lowest BCUT2D eigenvalue weighted by molar-refractivity contribution is -0.143. The molecule has 1 rings (SSSR count). The third-order valence-corrected chi connectivity index (χ3v) is 3.05. The minimum Gasteiger partial charge on any atom is -0.467 e. The van der Waals surface area contributed by atoms with Gasteiger partial charge in [-0.1, -0.05) is 32.0 Å². The third-order valence-electron chi connectivity index (χ3n) is 3.05. The first-order valence-corrected chi connectivity index (χ1v) is 6.81. The summed E-state index contributed by atoms with van der Waals surface area (Å²) in [4.78, 5) is 23.2. The van der Waals surface area contributed by atoms with E-state index in [1.165, 1.54) is 13.2 Å². The van der Waals surface area contributed by atoms with Crippen molar-refractivity contribution >= 4 is 12.0 Å². The second-order valence-electron chi connectivity index (χ2n) is 4.99. The molecule has 116 valence electrons. The predicted molar refractivity (Wildman–Crippen MR) is 77.3 cm³/mol. The fraction of sp³-hybridized carbons (Fsp3) is 0.467.